The highest BCUT2D eigenvalue weighted by atomic mass is 32.1. The van der Waals surface area contributed by atoms with Gasteiger partial charge in [0.2, 0.25) is 0 Å². The normalized spacial score (nSPS) is 14.6. The molecule has 10 nitrogen and oxygen atoms in total. The number of H-pyrrole nitrogens is 2. The molecule has 1 fully saturated rings. The van der Waals surface area contributed by atoms with Crippen molar-refractivity contribution in [3.05, 3.63) is 55.3 Å². The quantitative estimate of drug-likeness (QED) is 0.266. The van der Waals surface area contributed by atoms with E-state index in [9.17, 15) is 9.59 Å². The second-order valence-electron chi connectivity index (χ2n) is 10.7. The maximum Gasteiger partial charge on any atom is 0.323 e. The molecule has 1 amide bonds. The number of amides is 1. The second kappa shape index (κ2) is 9.64. The molecule has 194 valence electrons. The summed E-state index contributed by atoms with van der Waals surface area (Å²) in [5.41, 5.74) is 2.64. The Morgan fingerprint density at radius 3 is 2.78 bits per heavy atom. The van der Waals surface area contributed by atoms with E-state index in [2.05, 4.69) is 51.0 Å². The maximum atomic E-state index is 12.9. The summed E-state index contributed by atoms with van der Waals surface area (Å²) in [6.45, 7) is 9.62. The Balaban J connectivity index is 1.47. The van der Waals surface area contributed by atoms with Gasteiger partial charge >= 0.3 is 5.69 Å². The maximum absolute atomic E-state index is 12.9. The van der Waals surface area contributed by atoms with Crippen LogP contribution in [0.1, 0.15) is 41.9 Å². The van der Waals surface area contributed by atoms with Crippen molar-refractivity contribution in [3.63, 3.8) is 0 Å². The van der Waals surface area contributed by atoms with Gasteiger partial charge in [-0.05, 0) is 44.5 Å². The predicted molar refractivity (Wildman–Crippen MR) is 147 cm³/mol. The molecule has 1 aliphatic rings. The Kier molecular flexibility index (Phi) is 6.50. The zero-order valence-corrected chi connectivity index (χ0v) is 22.3. The van der Waals surface area contributed by atoms with Gasteiger partial charge in [0.05, 0.1) is 27.5 Å². The molecule has 4 heterocycles. The van der Waals surface area contributed by atoms with Crippen LogP contribution in [0.5, 0.6) is 0 Å². The number of aromatic nitrogens is 5. The van der Waals surface area contributed by atoms with E-state index in [-0.39, 0.29) is 17.0 Å². The van der Waals surface area contributed by atoms with E-state index >= 15 is 0 Å². The largest absolute Gasteiger partial charge is 0.367 e. The standard InChI is InChI=1S/C26H32N8O2S/c1-15-19(32-25(36)29-15)8-16-11-28-34-22(30-18-6-7-18)10-20(31-23(16)34)17-9-21(37-12-17)24(35)27-13-26(2,3)14-33(4)5/h8-12,18,30H,1,6-7,13-14H2,2-5H3,(H,27,35)(H2,29,32,36)/b19-8-. The number of carbonyl (C=O) groups is 1. The highest BCUT2D eigenvalue weighted by Gasteiger charge is 2.24. The van der Waals surface area contributed by atoms with Crippen LogP contribution < -0.4 is 27.0 Å². The zero-order chi connectivity index (χ0) is 26.3. The third kappa shape index (κ3) is 5.67. The summed E-state index contributed by atoms with van der Waals surface area (Å²) in [6.07, 6.45) is 5.75. The Bertz CT molecular complexity index is 1620. The molecular formula is C26H32N8O2S. The molecule has 1 saturated carbocycles. The molecule has 0 unspecified atom stereocenters. The number of hydrogen-bond acceptors (Lipinski definition) is 7. The SMILES string of the molecule is C=c1[nH]c(=O)[nH]/c1=C\c1cnn2c(NC3CC3)cc(-c3csc(C(=O)NCC(C)(C)CN(C)C)c3)nc12. The minimum absolute atomic E-state index is 0.0399. The van der Waals surface area contributed by atoms with E-state index in [1.165, 1.54) is 11.3 Å². The van der Waals surface area contributed by atoms with Gasteiger partial charge in [0.15, 0.2) is 5.65 Å². The fourth-order valence-corrected chi connectivity index (χ4v) is 5.21. The molecule has 1 aliphatic carbocycles. The van der Waals surface area contributed by atoms with Crippen LogP contribution in [0.2, 0.25) is 0 Å². The lowest BCUT2D eigenvalue weighted by Crippen LogP contribution is -2.39. The van der Waals surface area contributed by atoms with Crippen molar-refractivity contribution in [1.82, 2.24) is 34.8 Å². The Morgan fingerprint density at radius 1 is 1.32 bits per heavy atom. The smallest absolute Gasteiger partial charge is 0.323 e. The molecule has 0 aromatic carbocycles. The molecular weight excluding hydrogens is 488 g/mol. The fourth-order valence-electron chi connectivity index (χ4n) is 4.39. The van der Waals surface area contributed by atoms with Crippen LogP contribution in [0.15, 0.2) is 28.5 Å². The zero-order valence-electron chi connectivity index (χ0n) is 21.5. The molecule has 0 saturated heterocycles. The molecule has 4 N–H and O–H groups in total. The number of thiophene rings is 1. The first kappa shape index (κ1) is 25.0. The van der Waals surface area contributed by atoms with Crippen molar-refractivity contribution in [2.45, 2.75) is 32.7 Å². The van der Waals surface area contributed by atoms with Crippen LogP contribution in [0, 0.1) is 5.41 Å². The number of carbonyl (C=O) groups excluding carboxylic acids is 1. The van der Waals surface area contributed by atoms with E-state index in [4.69, 9.17) is 4.98 Å². The number of fused-ring (bicyclic) bond motifs is 1. The first-order chi connectivity index (χ1) is 17.6. The van der Waals surface area contributed by atoms with Crippen molar-refractivity contribution < 1.29 is 4.79 Å². The molecule has 4 aromatic rings. The van der Waals surface area contributed by atoms with Crippen molar-refractivity contribution in [1.29, 1.82) is 0 Å². The van der Waals surface area contributed by atoms with Crippen LogP contribution in [0.25, 0.3) is 29.6 Å². The summed E-state index contributed by atoms with van der Waals surface area (Å²) in [7, 11) is 4.06. The molecule has 0 atom stereocenters. The summed E-state index contributed by atoms with van der Waals surface area (Å²) >= 11 is 1.40. The molecule has 0 spiro atoms. The third-order valence-electron chi connectivity index (χ3n) is 6.16. The van der Waals surface area contributed by atoms with E-state index in [0.29, 0.717) is 33.8 Å². The number of imidazole rings is 1. The summed E-state index contributed by atoms with van der Waals surface area (Å²) < 4.78 is 1.77. The number of anilines is 1. The van der Waals surface area contributed by atoms with Gasteiger partial charge in [0.25, 0.3) is 5.91 Å². The molecule has 0 bridgehead atoms. The van der Waals surface area contributed by atoms with Gasteiger partial charge in [-0.3, -0.25) is 4.79 Å². The molecule has 37 heavy (non-hydrogen) atoms. The Morgan fingerprint density at radius 2 is 2.11 bits per heavy atom. The molecule has 5 rings (SSSR count). The van der Waals surface area contributed by atoms with E-state index in [1.807, 2.05) is 37.7 Å². The minimum atomic E-state index is -0.313. The van der Waals surface area contributed by atoms with Gasteiger partial charge in [-0.2, -0.15) is 9.61 Å². The lowest BCUT2D eigenvalue weighted by atomic mass is 9.93. The Hall–Kier alpha value is -3.70. The average Bonchev–Trinajstić information content (AvgIpc) is 3.20. The predicted octanol–water partition coefficient (Wildman–Crippen LogP) is 1.61. The summed E-state index contributed by atoms with van der Waals surface area (Å²) in [4.78, 5) is 37.6. The monoisotopic (exact) mass is 520 g/mol. The molecule has 0 aliphatic heterocycles. The number of rotatable bonds is 9. The lowest BCUT2D eigenvalue weighted by molar-refractivity contribution is 0.0933. The fraction of sp³-hybridized carbons (Fsp3) is 0.385. The topological polar surface area (TPSA) is 123 Å². The van der Waals surface area contributed by atoms with E-state index in [1.54, 1.807) is 10.7 Å². The van der Waals surface area contributed by atoms with Crippen LogP contribution in [0.4, 0.5) is 5.82 Å². The summed E-state index contributed by atoms with van der Waals surface area (Å²) in [5.74, 6) is 0.750. The minimum Gasteiger partial charge on any atom is -0.367 e. The van der Waals surface area contributed by atoms with Crippen molar-refractivity contribution in [2.24, 2.45) is 5.41 Å². The number of hydrogen-bond donors (Lipinski definition) is 4. The van der Waals surface area contributed by atoms with Crippen LogP contribution in [0.3, 0.4) is 0 Å². The second-order valence-corrected chi connectivity index (χ2v) is 11.6. The summed E-state index contributed by atoms with van der Waals surface area (Å²) in [5, 5.41) is 14.2. The molecule has 4 aromatic heterocycles. The van der Waals surface area contributed by atoms with Crippen molar-refractivity contribution >= 4 is 41.4 Å². The summed E-state index contributed by atoms with van der Waals surface area (Å²) in [6, 6.07) is 4.27. The van der Waals surface area contributed by atoms with Gasteiger partial charge in [-0.25, -0.2) is 9.78 Å². The van der Waals surface area contributed by atoms with E-state index in [0.717, 1.165) is 42.0 Å². The van der Waals surface area contributed by atoms with Gasteiger partial charge in [0.1, 0.15) is 5.82 Å². The molecule has 11 heteroatoms. The van der Waals surface area contributed by atoms with Crippen molar-refractivity contribution in [3.8, 4) is 11.3 Å². The van der Waals surface area contributed by atoms with Crippen LogP contribution >= 0.6 is 11.3 Å². The first-order valence-corrected chi connectivity index (χ1v) is 13.1. The van der Waals surface area contributed by atoms with Crippen molar-refractivity contribution in [2.75, 3.05) is 32.5 Å². The highest BCUT2D eigenvalue weighted by molar-refractivity contribution is 7.12. The highest BCUT2D eigenvalue weighted by Crippen LogP contribution is 2.31. The van der Waals surface area contributed by atoms with Gasteiger partial charge in [-0.15, -0.1) is 11.3 Å². The first-order valence-electron chi connectivity index (χ1n) is 12.2. The van der Waals surface area contributed by atoms with Gasteiger partial charge in [-0.1, -0.05) is 20.4 Å². The number of nitrogens with zero attached hydrogens (tertiary/aromatic N) is 4. The van der Waals surface area contributed by atoms with Gasteiger partial charge < -0.3 is 25.5 Å². The average molecular weight is 521 g/mol. The third-order valence-corrected chi connectivity index (χ3v) is 7.09. The van der Waals surface area contributed by atoms with Gasteiger partial charge in [0, 0.05) is 41.7 Å². The number of aromatic amines is 2. The van der Waals surface area contributed by atoms with Crippen LogP contribution in [-0.2, 0) is 0 Å². The van der Waals surface area contributed by atoms with E-state index < -0.39 is 0 Å². The molecule has 0 radical (unpaired) electrons. The lowest BCUT2D eigenvalue weighted by Gasteiger charge is -2.28. The Labute approximate surface area is 218 Å². The van der Waals surface area contributed by atoms with Crippen LogP contribution in [-0.4, -0.2) is 68.6 Å². The number of nitrogens with one attached hydrogen (secondary N) is 4.